The van der Waals surface area contributed by atoms with Crippen molar-refractivity contribution in [2.24, 2.45) is 5.73 Å². The Kier molecular flexibility index (Phi) is 6.15. The van der Waals surface area contributed by atoms with Crippen LogP contribution in [0.4, 0.5) is 4.79 Å². The van der Waals surface area contributed by atoms with Gasteiger partial charge in [0.05, 0.1) is 11.9 Å². The van der Waals surface area contributed by atoms with Crippen LogP contribution >= 0.6 is 0 Å². The summed E-state index contributed by atoms with van der Waals surface area (Å²) in [4.78, 5) is 40.1. The van der Waals surface area contributed by atoms with Crippen LogP contribution in [0.5, 0.6) is 0 Å². The van der Waals surface area contributed by atoms with E-state index in [4.69, 9.17) is 15.2 Å². The Balaban J connectivity index is 2.25. The summed E-state index contributed by atoms with van der Waals surface area (Å²) in [5.74, 6) is -1.29. The van der Waals surface area contributed by atoms with Crippen LogP contribution in [0.25, 0.3) is 5.65 Å². The molecule has 1 atom stereocenters. The molecule has 0 unspecified atom stereocenters. The van der Waals surface area contributed by atoms with Gasteiger partial charge in [-0.05, 0) is 53.7 Å². The first-order valence-electron chi connectivity index (χ1n) is 9.11. The van der Waals surface area contributed by atoms with Crippen molar-refractivity contribution in [2.75, 3.05) is 0 Å². The lowest BCUT2D eigenvalue weighted by Gasteiger charge is -2.26. The predicted molar refractivity (Wildman–Crippen MR) is 104 cm³/mol. The molecule has 29 heavy (non-hydrogen) atoms. The van der Waals surface area contributed by atoms with Gasteiger partial charge in [0.2, 0.25) is 0 Å². The fraction of sp³-hybridized carbons (Fsp3) is 0.526. The number of carbonyl (C=O) groups excluding carboxylic acids is 3. The number of alkyl carbamates (subject to hydrolysis) is 1. The highest BCUT2D eigenvalue weighted by Gasteiger charge is 2.29. The summed E-state index contributed by atoms with van der Waals surface area (Å²) in [7, 11) is 0. The minimum atomic E-state index is -1.02. The van der Waals surface area contributed by atoms with Crippen molar-refractivity contribution < 1.29 is 23.9 Å². The Bertz CT molecular complexity index is 923. The van der Waals surface area contributed by atoms with Crippen molar-refractivity contribution in [3.8, 4) is 0 Å². The molecular weight excluding hydrogens is 378 g/mol. The zero-order valence-electron chi connectivity index (χ0n) is 17.5. The quantitative estimate of drug-likeness (QED) is 0.721. The molecule has 0 saturated carbocycles. The first kappa shape index (κ1) is 22.1. The molecule has 0 bridgehead atoms. The number of nitrogens with two attached hydrogens (primary N) is 1. The van der Waals surface area contributed by atoms with E-state index in [1.165, 1.54) is 10.7 Å². The van der Waals surface area contributed by atoms with E-state index >= 15 is 0 Å². The highest BCUT2D eigenvalue weighted by molar-refractivity contribution is 5.91. The van der Waals surface area contributed by atoms with Crippen molar-refractivity contribution >= 4 is 23.6 Å². The molecule has 3 N–H and O–H groups in total. The zero-order valence-corrected chi connectivity index (χ0v) is 17.5. The maximum Gasteiger partial charge on any atom is 0.408 e. The van der Waals surface area contributed by atoms with Crippen molar-refractivity contribution in [3.63, 3.8) is 0 Å². The van der Waals surface area contributed by atoms with Gasteiger partial charge < -0.3 is 20.5 Å². The number of carbonyl (C=O) groups is 3. The van der Waals surface area contributed by atoms with E-state index < -0.39 is 35.2 Å². The Morgan fingerprint density at radius 1 is 1.10 bits per heavy atom. The summed E-state index contributed by atoms with van der Waals surface area (Å²) < 4.78 is 12.0. The molecule has 0 radical (unpaired) electrons. The van der Waals surface area contributed by atoms with E-state index in [-0.39, 0.29) is 12.1 Å². The van der Waals surface area contributed by atoms with E-state index in [1.807, 2.05) is 0 Å². The number of imidazole rings is 1. The lowest BCUT2D eigenvalue weighted by Crippen LogP contribution is -2.47. The van der Waals surface area contributed by atoms with Crippen LogP contribution in [0, 0.1) is 0 Å². The topological polar surface area (TPSA) is 138 Å². The SMILES string of the molecule is CC(C)(C)OC(=O)N[C@@H](Cc1ccc2nc(C(N)=O)cn2n1)C(=O)OC(C)(C)C. The minimum absolute atomic E-state index is 0.0498. The average molecular weight is 405 g/mol. The van der Waals surface area contributed by atoms with Gasteiger partial charge in [-0.1, -0.05) is 0 Å². The molecule has 2 aromatic heterocycles. The van der Waals surface area contributed by atoms with Crippen molar-refractivity contribution in [2.45, 2.75) is 65.2 Å². The first-order chi connectivity index (χ1) is 13.2. The molecule has 10 heteroatoms. The summed E-state index contributed by atoms with van der Waals surface area (Å²) in [5.41, 5.74) is 4.75. The summed E-state index contributed by atoms with van der Waals surface area (Å²) >= 11 is 0. The normalized spacial score (nSPS) is 13.0. The molecule has 2 aromatic rings. The van der Waals surface area contributed by atoms with Gasteiger partial charge in [0.25, 0.3) is 5.91 Å². The van der Waals surface area contributed by atoms with Crippen molar-refractivity contribution in [1.29, 1.82) is 0 Å². The van der Waals surface area contributed by atoms with Gasteiger partial charge in [-0.15, -0.1) is 0 Å². The first-order valence-corrected chi connectivity index (χ1v) is 9.11. The van der Waals surface area contributed by atoms with Crippen molar-refractivity contribution in [3.05, 3.63) is 29.7 Å². The molecular formula is C19H27N5O5. The van der Waals surface area contributed by atoms with Crippen LogP contribution in [0.15, 0.2) is 18.3 Å². The monoisotopic (exact) mass is 405 g/mol. The standard InChI is InChI=1S/C19H27N5O5/c1-18(2,3)28-16(26)12(22-17(27)29-19(4,5)6)9-11-7-8-14-21-13(15(20)25)10-24(14)23-11/h7-8,10,12H,9H2,1-6H3,(H2,20,25)(H,22,27)/t12-/m0/s1. The lowest BCUT2D eigenvalue weighted by molar-refractivity contribution is -0.157. The number of fused-ring (bicyclic) bond motifs is 1. The van der Waals surface area contributed by atoms with Gasteiger partial charge in [0.15, 0.2) is 5.65 Å². The number of primary amides is 1. The number of esters is 1. The number of ether oxygens (including phenoxy) is 2. The molecule has 158 valence electrons. The van der Waals surface area contributed by atoms with Gasteiger partial charge in [0.1, 0.15) is 22.9 Å². The number of amides is 2. The Morgan fingerprint density at radius 2 is 1.72 bits per heavy atom. The third-order valence-electron chi connectivity index (χ3n) is 3.42. The number of hydrogen-bond donors (Lipinski definition) is 2. The van der Waals surface area contributed by atoms with Crippen LogP contribution in [-0.4, -0.2) is 49.8 Å². The Hall–Kier alpha value is -3.17. The van der Waals surface area contributed by atoms with Gasteiger partial charge in [-0.25, -0.2) is 19.1 Å². The summed E-state index contributed by atoms with van der Waals surface area (Å²) in [6, 6.07) is 2.25. The molecule has 0 aliphatic rings. The van der Waals surface area contributed by atoms with Crippen molar-refractivity contribution in [1.82, 2.24) is 19.9 Å². The molecule has 0 fully saturated rings. The second kappa shape index (κ2) is 8.06. The van der Waals surface area contributed by atoms with E-state index in [9.17, 15) is 14.4 Å². The number of rotatable bonds is 5. The van der Waals surface area contributed by atoms with E-state index in [1.54, 1.807) is 53.7 Å². The predicted octanol–water partition coefficient (Wildman–Crippen LogP) is 1.61. The van der Waals surface area contributed by atoms with E-state index in [2.05, 4.69) is 15.4 Å². The molecule has 2 heterocycles. The van der Waals surface area contributed by atoms with Crippen LogP contribution < -0.4 is 11.1 Å². The van der Waals surface area contributed by atoms with Gasteiger partial charge >= 0.3 is 12.1 Å². The number of aromatic nitrogens is 3. The number of nitrogens with zero attached hydrogens (tertiary/aromatic N) is 3. The second-order valence-electron chi connectivity index (χ2n) is 8.55. The van der Waals surface area contributed by atoms with E-state index in [0.717, 1.165) is 0 Å². The number of nitrogens with one attached hydrogen (secondary N) is 1. The van der Waals surface area contributed by atoms with Gasteiger partial charge in [-0.2, -0.15) is 5.10 Å². The fourth-order valence-corrected chi connectivity index (χ4v) is 2.37. The van der Waals surface area contributed by atoms with E-state index in [0.29, 0.717) is 11.3 Å². The van der Waals surface area contributed by atoms with Crippen LogP contribution in [0.1, 0.15) is 57.7 Å². The molecule has 2 rings (SSSR count). The molecule has 0 aliphatic heterocycles. The summed E-state index contributed by atoms with van der Waals surface area (Å²) in [5, 5.41) is 6.87. The van der Waals surface area contributed by atoms with Crippen LogP contribution in [-0.2, 0) is 20.7 Å². The molecule has 0 saturated heterocycles. The van der Waals surface area contributed by atoms with Gasteiger partial charge in [-0.3, -0.25) is 4.79 Å². The summed E-state index contributed by atoms with van der Waals surface area (Å²) in [6.07, 6.45) is 0.701. The zero-order chi connectivity index (χ0) is 22.0. The Labute approximate surface area is 168 Å². The smallest absolute Gasteiger partial charge is 0.408 e. The molecule has 0 spiro atoms. The molecule has 10 nitrogen and oxygen atoms in total. The highest BCUT2D eigenvalue weighted by atomic mass is 16.6. The largest absolute Gasteiger partial charge is 0.458 e. The van der Waals surface area contributed by atoms with Gasteiger partial charge in [0, 0.05) is 6.42 Å². The third kappa shape index (κ3) is 6.74. The maximum absolute atomic E-state index is 12.6. The average Bonchev–Trinajstić information content (AvgIpc) is 2.94. The lowest BCUT2D eigenvalue weighted by atomic mass is 10.1. The van der Waals surface area contributed by atoms with Crippen LogP contribution in [0.3, 0.4) is 0 Å². The second-order valence-corrected chi connectivity index (χ2v) is 8.55. The summed E-state index contributed by atoms with van der Waals surface area (Å²) in [6.45, 7) is 10.4. The van der Waals surface area contributed by atoms with Crippen LogP contribution in [0.2, 0.25) is 0 Å². The maximum atomic E-state index is 12.6. The number of hydrogen-bond acceptors (Lipinski definition) is 7. The molecule has 0 aromatic carbocycles. The highest BCUT2D eigenvalue weighted by Crippen LogP contribution is 2.13. The minimum Gasteiger partial charge on any atom is -0.458 e. The molecule has 2 amide bonds. The third-order valence-corrected chi connectivity index (χ3v) is 3.42. The fourth-order valence-electron chi connectivity index (χ4n) is 2.37. The Morgan fingerprint density at radius 3 is 2.28 bits per heavy atom. The molecule has 0 aliphatic carbocycles.